The van der Waals surface area contributed by atoms with Crippen molar-refractivity contribution in [3.05, 3.63) is 125 Å². The molecule has 1 saturated heterocycles. The van der Waals surface area contributed by atoms with Crippen LogP contribution in [-0.2, 0) is 24.2 Å². The number of methoxy groups -OCH3 is 1. The number of carbonyl (C=O) groups is 1. The van der Waals surface area contributed by atoms with E-state index in [1.165, 1.54) is 5.56 Å². The predicted octanol–water partition coefficient (Wildman–Crippen LogP) is 6.96. The van der Waals surface area contributed by atoms with E-state index in [0.29, 0.717) is 60.8 Å². The van der Waals surface area contributed by atoms with Crippen LogP contribution in [0, 0.1) is 0 Å². The fraction of sp³-hybridized carbons (Fsp3) is 0.243. The number of benzene rings is 4. The van der Waals surface area contributed by atoms with E-state index in [1.807, 2.05) is 92.7 Å². The van der Waals surface area contributed by atoms with E-state index in [4.69, 9.17) is 31.2 Å². The summed E-state index contributed by atoms with van der Waals surface area (Å²) < 4.78 is 23.4. The van der Waals surface area contributed by atoms with Gasteiger partial charge in [-0.2, -0.15) is 0 Å². The van der Waals surface area contributed by atoms with Gasteiger partial charge in [-0.1, -0.05) is 60.7 Å². The first-order valence-electron chi connectivity index (χ1n) is 15.1. The molecule has 0 saturated carbocycles. The van der Waals surface area contributed by atoms with Crippen molar-refractivity contribution in [1.29, 1.82) is 0 Å². The highest BCUT2D eigenvalue weighted by Crippen LogP contribution is 2.30. The summed E-state index contributed by atoms with van der Waals surface area (Å²) in [5, 5.41) is 3.48. The second-order valence-corrected chi connectivity index (χ2v) is 10.9. The summed E-state index contributed by atoms with van der Waals surface area (Å²) in [7, 11) is 1.64. The topological polar surface area (TPSA) is 69.3 Å². The summed E-state index contributed by atoms with van der Waals surface area (Å²) in [6.45, 7) is 5.72. The number of thiocarbonyl (C=S) groups is 1. The summed E-state index contributed by atoms with van der Waals surface area (Å²) in [5.74, 6) is 2.77. The number of nitrogens with one attached hydrogen (secondary N) is 1. The zero-order valence-corrected chi connectivity index (χ0v) is 26.7. The smallest absolute Gasteiger partial charge is 0.276 e. The van der Waals surface area contributed by atoms with Crippen molar-refractivity contribution >= 4 is 29.3 Å². The molecule has 0 unspecified atom stereocenters. The van der Waals surface area contributed by atoms with E-state index in [1.54, 1.807) is 12.0 Å². The maximum Gasteiger partial charge on any atom is 0.276 e. The highest BCUT2D eigenvalue weighted by atomic mass is 32.1. The SMILES string of the molecule is CCOc1ccc(CCN2C(=O)/C(=C\c3ccc(OC)c(COc4ccccc4Cc4ccccc4)c3)NC2=S)cc1OCC. The van der Waals surface area contributed by atoms with Crippen LogP contribution in [0.15, 0.2) is 96.7 Å². The average molecular weight is 623 g/mol. The Hall–Kier alpha value is -4.82. The van der Waals surface area contributed by atoms with Gasteiger partial charge in [-0.25, -0.2) is 0 Å². The molecule has 0 aliphatic carbocycles. The maximum atomic E-state index is 13.4. The molecule has 4 aromatic carbocycles. The number of hydrogen-bond donors (Lipinski definition) is 1. The van der Waals surface area contributed by atoms with Crippen LogP contribution in [-0.4, -0.2) is 42.8 Å². The third-order valence-electron chi connectivity index (χ3n) is 7.40. The zero-order valence-electron chi connectivity index (χ0n) is 25.9. The minimum absolute atomic E-state index is 0.167. The average Bonchev–Trinajstić information content (AvgIpc) is 3.32. The molecule has 7 nitrogen and oxygen atoms in total. The Morgan fingerprint density at radius 2 is 1.49 bits per heavy atom. The monoisotopic (exact) mass is 622 g/mol. The molecule has 5 rings (SSSR count). The standard InChI is InChI=1S/C37H38N2O5S/c1-4-42-34-18-15-27(24-35(34)43-5-2)19-20-39-36(40)31(38-37(39)45)23-28-16-17-32(41-3)30(22-28)25-44-33-14-10-9-13-29(33)21-26-11-7-6-8-12-26/h6-18,22-24H,4-5,19-21,25H2,1-3H3,(H,38,45)/b31-23+. The minimum atomic E-state index is -0.167. The molecule has 0 atom stereocenters. The maximum absolute atomic E-state index is 13.4. The van der Waals surface area contributed by atoms with E-state index >= 15 is 0 Å². The van der Waals surface area contributed by atoms with E-state index in [-0.39, 0.29) is 5.91 Å². The Kier molecular flexibility index (Phi) is 10.7. The largest absolute Gasteiger partial charge is 0.496 e. The van der Waals surface area contributed by atoms with Gasteiger partial charge < -0.3 is 24.3 Å². The number of hydrogen-bond acceptors (Lipinski definition) is 6. The van der Waals surface area contributed by atoms with Crippen LogP contribution < -0.4 is 24.3 Å². The molecule has 232 valence electrons. The lowest BCUT2D eigenvalue weighted by atomic mass is 10.0. The first-order chi connectivity index (χ1) is 22.0. The second kappa shape index (κ2) is 15.3. The quantitative estimate of drug-likeness (QED) is 0.120. The molecule has 1 heterocycles. The number of amides is 1. The molecule has 0 radical (unpaired) electrons. The third-order valence-corrected chi connectivity index (χ3v) is 7.73. The molecule has 0 aromatic heterocycles. The lowest BCUT2D eigenvalue weighted by Gasteiger charge is -2.16. The van der Waals surface area contributed by atoms with Crippen molar-refractivity contribution in [1.82, 2.24) is 10.2 Å². The van der Waals surface area contributed by atoms with Gasteiger partial charge in [0.1, 0.15) is 23.8 Å². The van der Waals surface area contributed by atoms with Crippen LogP contribution in [0.3, 0.4) is 0 Å². The molecule has 0 bridgehead atoms. The Morgan fingerprint density at radius 1 is 0.756 bits per heavy atom. The fourth-order valence-corrected chi connectivity index (χ4v) is 5.48. The Balaban J connectivity index is 1.27. The van der Waals surface area contributed by atoms with Gasteiger partial charge in [0.2, 0.25) is 0 Å². The summed E-state index contributed by atoms with van der Waals surface area (Å²) in [6.07, 6.45) is 3.20. The summed E-state index contributed by atoms with van der Waals surface area (Å²) >= 11 is 5.54. The van der Waals surface area contributed by atoms with Gasteiger partial charge in [0.05, 0.1) is 20.3 Å². The molecule has 8 heteroatoms. The van der Waals surface area contributed by atoms with Gasteiger partial charge in [-0.05, 0) is 91.1 Å². The molecular formula is C37H38N2O5S. The number of ether oxygens (including phenoxy) is 4. The number of nitrogens with zero attached hydrogens (tertiary/aromatic N) is 1. The van der Waals surface area contributed by atoms with Crippen molar-refractivity contribution in [2.45, 2.75) is 33.3 Å². The lowest BCUT2D eigenvalue weighted by Crippen LogP contribution is -2.32. The Labute approximate surface area is 270 Å². The van der Waals surface area contributed by atoms with E-state index in [9.17, 15) is 4.79 Å². The summed E-state index contributed by atoms with van der Waals surface area (Å²) in [4.78, 5) is 15.0. The first-order valence-corrected chi connectivity index (χ1v) is 15.5. The van der Waals surface area contributed by atoms with Gasteiger partial charge in [0.25, 0.3) is 5.91 Å². The van der Waals surface area contributed by atoms with E-state index < -0.39 is 0 Å². The van der Waals surface area contributed by atoms with Crippen molar-refractivity contribution in [3.63, 3.8) is 0 Å². The molecule has 1 N–H and O–H groups in total. The van der Waals surface area contributed by atoms with Gasteiger partial charge in [0.15, 0.2) is 16.6 Å². The van der Waals surface area contributed by atoms with Crippen LogP contribution in [0.4, 0.5) is 0 Å². The summed E-state index contributed by atoms with van der Waals surface area (Å²) in [5.41, 5.74) is 5.48. The van der Waals surface area contributed by atoms with Crippen molar-refractivity contribution in [2.75, 3.05) is 26.9 Å². The Bertz CT molecular complexity index is 1670. The number of para-hydroxylation sites is 1. The van der Waals surface area contributed by atoms with Crippen LogP contribution in [0.5, 0.6) is 23.0 Å². The number of carbonyl (C=O) groups excluding carboxylic acids is 1. The zero-order chi connectivity index (χ0) is 31.6. The third kappa shape index (κ3) is 8.02. The second-order valence-electron chi connectivity index (χ2n) is 10.5. The molecule has 45 heavy (non-hydrogen) atoms. The molecule has 1 amide bonds. The van der Waals surface area contributed by atoms with Crippen LogP contribution in [0.1, 0.15) is 41.7 Å². The van der Waals surface area contributed by atoms with Gasteiger partial charge in [-0.15, -0.1) is 0 Å². The molecular weight excluding hydrogens is 584 g/mol. The first kappa shape index (κ1) is 31.6. The van der Waals surface area contributed by atoms with Crippen molar-refractivity contribution in [2.24, 2.45) is 0 Å². The molecule has 1 fully saturated rings. The Morgan fingerprint density at radius 3 is 2.27 bits per heavy atom. The highest BCUT2D eigenvalue weighted by molar-refractivity contribution is 7.80. The van der Waals surface area contributed by atoms with Gasteiger partial charge >= 0.3 is 0 Å². The van der Waals surface area contributed by atoms with Gasteiger partial charge in [0, 0.05) is 18.5 Å². The molecule has 1 aliphatic heterocycles. The lowest BCUT2D eigenvalue weighted by molar-refractivity contribution is -0.122. The van der Waals surface area contributed by atoms with Crippen LogP contribution in [0.25, 0.3) is 6.08 Å². The van der Waals surface area contributed by atoms with Crippen LogP contribution in [0.2, 0.25) is 0 Å². The molecule has 4 aromatic rings. The fourth-order valence-electron chi connectivity index (χ4n) is 5.20. The van der Waals surface area contributed by atoms with Crippen molar-refractivity contribution in [3.8, 4) is 23.0 Å². The molecule has 0 spiro atoms. The van der Waals surface area contributed by atoms with E-state index in [2.05, 4.69) is 23.5 Å². The van der Waals surface area contributed by atoms with Crippen molar-refractivity contribution < 1.29 is 23.7 Å². The predicted molar refractivity (Wildman–Crippen MR) is 181 cm³/mol. The van der Waals surface area contributed by atoms with Gasteiger partial charge in [-0.3, -0.25) is 9.69 Å². The highest BCUT2D eigenvalue weighted by Gasteiger charge is 2.30. The van der Waals surface area contributed by atoms with E-state index in [0.717, 1.165) is 34.4 Å². The minimum Gasteiger partial charge on any atom is -0.496 e. The number of rotatable bonds is 14. The molecule has 1 aliphatic rings. The summed E-state index contributed by atoms with van der Waals surface area (Å²) in [6, 6.07) is 30.0. The van der Waals surface area contributed by atoms with Crippen LogP contribution >= 0.6 is 12.2 Å². The normalized spacial score (nSPS) is 13.6.